The fourth-order valence-corrected chi connectivity index (χ4v) is 5.09. The molecule has 2 aliphatic carbocycles. The smallest absolute Gasteiger partial charge is 0.408 e. The van der Waals surface area contributed by atoms with E-state index >= 15 is 0 Å². The fraction of sp³-hybridized carbons (Fsp3) is 0.444. The van der Waals surface area contributed by atoms with Crippen molar-refractivity contribution in [2.24, 2.45) is 5.92 Å². The minimum Gasteiger partial charge on any atom is -0.481 e. The maximum absolute atomic E-state index is 13.1. The van der Waals surface area contributed by atoms with E-state index in [9.17, 15) is 19.5 Å². The molecule has 1 saturated carbocycles. The van der Waals surface area contributed by atoms with Crippen molar-refractivity contribution in [3.63, 3.8) is 0 Å². The van der Waals surface area contributed by atoms with Crippen LogP contribution in [0.25, 0.3) is 11.1 Å². The van der Waals surface area contributed by atoms with Crippen molar-refractivity contribution < 1.29 is 24.2 Å². The summed E-state index contributed by atoms with van der Waals surface area (Å²) in [5.41, 5.74) is 3.31. The van der Waals surface area contributed by atoms with Gasteiger partial charge in [-0.3, -0.25) is 9.59 Å². The molecule has 1 unspecified atom stereocenters. The third-order valence-electron chi connectivity index (χ3n) is 7.33. The maximum Gasteiger partial charge on any atom is 0.408 e. The van der Waals surface area contributed by atoms with E-state index in [0.29, 0.717) is 19.3 Å². The number of nitrogens with one attached hydrogen (secondary N) is 2. The average molecular weight is 465 g/mol. The van der Waals surface area contributed by atoms with Gasteiger partial charge < -0.3 is 20.5 Å². The lowest BCUT2D eigenvalue weighted by Crippen LogP contribution is -2.60. The Morgan fingerprint density at radius 2 is 1.59 bits per heavy atom. The van der Waals surface area contributed by atoms with Gasteiger partial charge in [0.2, 0.25) is 5.91 Å². The Kier molecular flexibility index (Phi) is 6.91. The van der Waals surface area contributed by atoms with E-state index in [4.69, 9.17) is 4.74 Å². The third-order valence-corrected chi connectivity index (χ3v) is 7.33. The third kappa shape index (κ3) is 4.65. The summed E-state index contributed by atoms with van der Waals surface area (Å²) in [5.74, 6) is -1.96. The molecule has 180 valence electrons. The standard InChI is InChI=1S/C27H32N2O5/c1-3-27(2,25(32)28-23-15-9-8-14-21(23)24(30)31)29-26(33)34-16-22-19-12-6-4-10-17(19)18-11-5-7-13-20(18)22/h4-7,10-13,21-23H,3,8-9,14-16H2,1-2H3,(H,28,32)(H,29,33)(H,30,31)/t21-,23+,27?/m0/s1. The fourth-order valence-electron chi connectivity index (χ4n) is 5.09. The van der Waals surface area contributed by atoms with Crippen molar-refractivity contribution in [1.82, 2.24) is 10.6 Å². The van der Waals surface area contributed by atoms with E-state index in [0.717, 1.165) is 35.1 Å². The minimum absolute atomic E-state index is 0.0709. The van der Waals surface area contributed by atoms with Crippen LogP contribution in [0.1, 0.15) is 63.0 Å². The van der Waals surface area contributed by atoms with Gasteiger partial charge in [0.25, 0.3) is 0 Å². The van der Waals surface area contributed by atoms with Gasteiger partial charge in [0.1, 0.15) is 12.1 Å². The number of hydrogen-bond donors (Lipinski definition) is 3. The molecule has 0 aliphatic heterocycles. The number of carboxylic acid groups (broad SMARTS) is 1. The Bertz CT molecular complexity index is 1040. The summed E-state index contributed by atoms with van der Waals surface area (Å²) in [6.45, 7) is 3.60. The van der Waals surface area contributed by atoms with Gasteiger partial charge in [0.15, 0.2) is 0 Å². The van der Waals surface area contributed by atoms with Crippen LogP contribution < -0.4 is 10.6 Å². The Labute approximate surface area is 199 Å². The molecule has 2 aromatic rings. The zero-order valence-electron chi connectivity index (χ0n) is 19.7. The zero-order chi connectivity index (χ0) is 24.3. The molecule has 0 bridgehead atoms. The molecule has 0 aromatic heterocycles. The number of rotatable bonds is 7. The lowest BCUT2D eigenvalue weighted by Gasteiger charge is -2.34. The lowest BCUT2D eigenvalue weighted by molar-refractivity contribution is -0.144. The van der Waals surface area contributed by atoms with Crippen LogP contribution in [0.4, 0.5) is 4.79 Å². The highest BCUT2D eigenvalue weighted by molar-refractivity contribution is 5.90. The summed E-state index contributed by atoms with van der Waals surface area (Å²) in [6.07, 6.45) is 2.55. The molecule has 4 rings (SSSR count). The van der Waals surface area contributed by atoms with Crippen LogP contribution >= 0.6 is 0 Å². The second-order valence-electron chi connectivity index (χ2n) is 9.45. The van der Waals surface area contributed by atoms with Crippen LogP contribution in [0.5, 0.6) is 0 Å². The van der Waals surface area contributed by atoms with Crippen molar-refractivity contribution in [1.29, 1.82) is 0 Å². The molecule has 3 atom stereocenters. The Morgan fingerprint density at radius 3 is 2.18 bits per heavy atom. The molecule has 2 aromatic carbocycles. The Morgan fingerprint density at radius 1 is 1.00 bits per heavy atom. The number of aliphatic carboxylic acids is 1. The number of amides is 2. The first kappa shape index (κ1) is 23.8. The quantitative estimate of drug-likeness (QED) is 0.561. The number of fused-ring (bicyclic) bond motifs is 3. The summed E-state index contributed by atoms with van der Waals surface area (Å²) in [7, 11) is 0. The molecule has 3 N–H and O–H groups in total. The van der Waals surface area contributed by atoms with E-state index in [1.807, 2.05) is 36.4 Å². The summed E-state index contributed by atoms with van der Waals surface area (Å²) >= 11 is 0. The molecule has 0 saturated heterocycles. The number of hydrogen-bond acceptors (Lipinski definition) is 4. The second kappa shape index (κ2) is 9.87. The van der Waals surface area contributed by atoms with Crippen LogP contribution in [0.3, 0.4) is 0 Å². The van der Waals surface area contributed by atoms with Crippen LogP contribution in [0, 0.1) is 5.92 Å². The van der Waals surface area contributed by atoms with Gasteiger partial charge in [-0.1, -0.05) is 68.3 Å². The molecule has 7 heteroatoms. The first-order valence-corrected chi connectivity index (χ1v) is 12.0. The van der Waals surface area contributed by atoms with Gasteiger partial charge in [-0.2, -0.15) is 0 Å². The number of carbonyl (C=O) groups is 3. The zero-order valence-corrected chi connectivity index (χ0v) is 19.7. The highest BCUT2D eigenvalue weighted by Crippen LogP contribution is 2.44. The molecule has 0 heterocycles. The molecule has 1 fully saturated rings. The average Bonchev–Trinajstić information content (AvgIpc) is 3.16. The Balaban J connectivity index is 1.40. The molecule has 2 aliphatic rings. The SMILES string of the molecule is CCC(C)(NC(=O)OCC1c2ccccc2-c2ccccc21)C(=O)N[C@@H]1CCCC[C@@H]1C(=O)O. The van der Waals surface area contributed by atoms with Crippen LogP contribution in [0.2, 0.25) is 0 Å². The highest BCUT2D eigenvalue weighted by atomic mass is 16.5. The lowest BCUT2D eigenvalue weighted by atomic mass is 9.84. The topological polar surface area (TPSA) is 105 Å². The second-order valence-corrected chi connectivity index (χ2v) is 9.45. The van der Waals surface area contributed by atoms with Crippen molar-refractivity contribution in [2.45, 2.75) is 63.5 Å². The predicted molar refractivity (Wildman–Crippen MR) is 128 cm³/mol. The molecular weight excluding hydrogens is 432 g/mol. The largest absolute Gasteiger partial charge is 0.481 e. The van der Waals surface area contributed by atoms with Gasteiger partial charge in [-0.25, -0.2) is 4.79 Å². The van der Waals surface area contributed by atoms with E-state index in [1.165, 1.54) is 0 Å². The number of benzene rings is 2. The summed E-state index contributed by atoms with van der Waals surface area (Å²) in [5, 5.41) is 15.1. The Hall–Kier alpha value is -3.35. The van der Waals surface area contributed by atoms with Gasteiger partial charge in [0, 0.05) is 12.0 Å². The molecular formula is C27H32N2O5. The first-order chi connectivity index (χ1) is 16.3. The van der Waals surface area contributed by atoms with Crippen LogP contribution in [0.15, 0.2) is 48.5 Å². The van der Waals surface area contributed by atoms with Crippen LogP contribution in [-0.2, 0) is 14.3 Å². The summed E-state index contributed by atoms with van der Waals surface area (Å²) in [4.78, 5) is 37.4. The molecule has 2 amide bonds. The van der Waals surface area contributed by atoms with E-state index < -0.39 is 29.6 Å². The van der Waals surface area contributed by atoms with Crippen molar-refractivity contribution in [2.75, 3.05) is 6.61 Å². The number of alkyl carbamates (subject to hydrolysis) is 1. The van der Waals surface area contributed by atoms with Crippen molar-refractivity contribution in [3.05, 3.63) is 59.7 Å². The monoisotopic (exact) mass is 464 g/mol. The molecule has 7 nitrogen and oxygen atoms in total. The van der Waals surface area contributed by atoms with Crippen molar-refractivity contribution in [3.8, 4) is 11.1 Å². The number of ether oxygens (including phenoxy) is 1. The van der Waals surface area contributed by atoms with E-state index in [1.54, 1.807) is 13.8 Å². The predicted octanol–water partition coefficient (Wildman–Crippen LogP) is 4.45. The van der Waals surface area contributed by atoms with Gasteiger partial charge in [-0.05, 0) is 48.4 Å². The highest BCUT2D eigenvalue weighted by Gasteiger charge is 2.39. The molecule has 0 radical (unpaired) electrons. The minimum atomic E-state index is -1.21. The normalized spacial score (nSPS) is 21.0. The van der Waals surface area contributed by atoms with Crippen molar-refractivity contribution >= 4 is 18.0 Å². The van der Waals surface area contributed by atoms with E-state index in [2.05, 4.69) is 22.8 Å². The number of carbonyl (C=O) groups excluding carboxylic acids is 2. The first-order valence-electron chi connectivity index (χ1n) is 12.0. The van der Waals surface area contributed by atoms with E-state index in [-0.39, 0.29) is 18.4 Å². The van der Waals surface area contributed by atoms with Gasteiger partial charge in [-0.15, -0.1) is 0 Å². The number of carboxylic acids is 1. The van der Waals surface area contributed by atoms with Gasteiger partial charge in [0.05, 0.1) is 5.92 Å². The van der Waals surface area contributed by atoms with Crippen LogP contribution in [-0.4, -0.2) is 41.3 Å². The summed E-state index contributed by atoms with van der Waals surface area (Å²) < 4.78 is 5.61. The maximum atomic E-state index is 13.1. The molecule has 34 heavy (non-hydrogen) atoms. The van der Waals surface area contributed by atoms with Gasteiger partial charge >= 0.3 is 12.1 Å². The summed E-state index contributed by atoms with van der Waals surface area (Å²) in [6, 6.07) is 15.8. The molecule has 0 spiro atoms.